The molecular formula is C18H29N3O2. The Bertz CT molecular complexity index is 514. The fourth-order valence-corrected chi connectivity index (χ4v) is 2.37. The third kappa shape index (κ3) is 6.82. The summed E-state index contributed by atoms with van der Waals surface area (Å²) in [5.74, 6) is 0.0115. The van der Waals surface area contributed by atoms with E-state index in [1.165, 1.54) is 6.92 Å². The van der Waals surface area contributed by atoms with Gasteiger partial charge in [-0.1, -0.05) is 44.2 Å². The molecule has 0 bridgehead atoms. The van der Waals surface area contributed by atoms with E-state index in [9.17, 15) is 9.59 Å². The lowest BCUT2D eigenvalue weighted by molar-refractivity contribution is -0.133. The van der Waals surface area contributed by atoms with E-state index in [-0.39, 0.29) is 17.2 Å². The fourth-order valence-electron chi connectivity index (χ4n) is 2.37. The Kier molecular flexibility index (Phi) is 7.23. The highest BCUT2D eigenvalue weighted by Crippen LogP contribution is 2.14. The summed E-state index contributed by atoms with van der Waals surface area (Å²) in [6.45, 7) is 7.70. The number of carbonyl (C=O) groups is 2. The third-order valence-corrected chi connectivity index (χ3v) is 3.90. The standard InChI is InChI=1S/C18H29N3O2/c1-15(22)21(12-16-8-6-5-7-9-16)11-10-17(23)20(4)14-18(2,3)13-19/h5-9H,10-14,19H2,1-4H3. The largest absolute Gasteiger partial charge is 0.345 e. The molecule has 1 aromatic rings. The highest BCUT2D eigenvalue weighted by Gasteiger charge is 2.21. The topological polar surface area (TPSA) is 66.6 Å². The van der Waals surface area contributed by atoms with E-state index >= 15 is 0 Å². The first-order valence-electron chi connectivity index (χ1n) is 7.98. The Balaban J connectivity index is 2.55. The number of hydrogen-bond acceptors (Lipinski definition) is 3. The molecule has 0 atom stereocenters. The molecule has 0 aliphatic heterocycles. The zero-order chi connectivity index (χ0) is 17.5. The van der Waals surface area contributed by atoms with Crippen LogP contribution in [0.2, 0.25) is 0 Å². The van der Waals surface area contributed by atoms with Gasteiger partial charge in [0.1, 0.15) is 0 Å². The van der Waals surface area contributed by atoms with Gasteiger partial charge in [0.15, 0.2) is 0 Å². The van der Waals surface area contributed by atoms with E-state index in [0.29, 0.717) is 32.6 Å². The van der Waals surface area contributed by atoms with Gasteiger partial charge in [0, 0.05) is 40.0 Å². The second-order valence-corrected chi connectivity index (χ2v) is 6.79. The maximum Gasteiger partial charge on any atom is 0.224 e. The summed E-state index contributed by atoms with van der Waals surface area (Å²) in [4.78, 5) is 27.5. The van der Waals surface area contributed by atoms with Crippen LogP contribution in [0.1, 0.15) is 32.8 Å². The Morgan fingerprint density at radius 2 is 1.78 bits per heavy atom. The molecule has 1 aromatic carbocycles. The average Bonchev–Trinajstić information content (AvgIpc) is 2.51. The van der Waals surface area contributed by atoms with E-state index in [1.54, 1.807) is 16.8 Å². The lowest BCUT2D eigenvalue weighted by Gasteiger charge is -2.30. The number of rotatable bonds is 8. The predicted molar refractivity (Wildman–Crippen MR) is 92.6 cm³/mol. The minimum absolute atomic E-state index is 0.0217. The van der Waals surface area contributed by atoms with Gasteiger partial charge < -0.3 is 15.5 Å². The van der Waals surface area contributed by atoms with E-state index in [4.69, 9.17) is 5.73 Å². The molecule has 0 saturated carbocycles. The van der Waals surface area contributed by atoms with Gasteiger partial charge in [-0.3, -0.25) is 9.59 Å². The van der Waals surface area contributed by atoms with Gasteiger partial charge in [-0.05, 0) is 17.5 Å². The van der Waals surface area contributed by atoms with Crippen molar-refractivity contribution < 1.29 is 9.59 Å². The van der Waals surface area contributed by atoms with Crippen molar-refractivity contribution in [2.45, 2.75) is 33.7 Å². The molecule has 2 N–H and O–H groups in total. The molecule has 5 nitrogen and oxygen atoms in total. The molecule has 5 heteroatoms. The van der Waals surface area contributed by atoms with Crippen LogP contribution in [-0.4, -0.2) is 48.3 Å². The number of amides is 2. The van der Waals surface area contributed by atoms with Crippen molar-refractivity contribution in [3.63, 3.8) is 0 Å². The summed E-state index contributed by atoms with van der Waals surface area (Å²) >= 11 is 0. The summed E-state index contributed by atoms with van der Waals surface area (Å²) in [5, 5.41) is 0. The van der Waals surface area contributed by atoms with Gasteiger partial charge >= 0.3 is 0 Å². The summed E-state index contributed by atoms with van der Waals surface area (Å²) < 4.78 is 0. The van der Waals surface area contributed by atoms with Gasteiger partial charge in [-0.25, -0.2) is 0 Å². The first kappa shape index (κ1) is 19.2. The van der Waals surface area contributed by atoms with Crippen LogP contribution in [0.25, 0.3) is 0 Å². The van der Waals surface area contributed by atoms with Crippen LogP contribution in [0.15, 0.2) is 30.3 Å². The summed E-state index contributed by atoms with van der Waals surface area (Å²) in [6.07, 6.45) is 0.323. The van der Waals surface area contributed by atoms with Crippen molar-refractivity contribution in [1.29, 1.82) is 0 Å². The van der Waals surface area contributed by atoms with E-state index in [1.807, 2.05) is 44.2 Å². The molecular weight excluding hydrogens is 290 g/mol. The highest BCUT2D eigenvalue weighted by molar-refractivity contribution is 5.78. The number of hydrogen-bond donors (Lipinski definition) is 1. The maximum atomic E-state index is 12.3. The summed E-state index contributed by atoms with van der Waals surface area (Å²) in [5.41, 5.74) is 6.67. The molecule has 0 radical (unpaired) electrons. The molecule has 0 aliphatic rings. The van der Waals surface area contributed by atoms with Crippen molar-refractivity contribution in [1.82, 2.24) is 9.80 Å². The quantitative estimate of drug-likeness (QED) is 0.795. The van der Waals surface area contributed by atoms with Crippen molar-refractivity contribution in [3.05, 3.63) is 35.9 Å². The van der Waals surface area contributed by atoms with Crippen LogP contribution < -0.4 is 5.73 Å². The minimum atomic E-state index is -0.102. The average molecular weight is 319 g/mol. The normalized spacial score (nSPS) is 11.2. The molecule has 1 rings (SSSR count). The first-order chi connectivity index (χ1) is 10.7. The lowest BCUT2D eigenvalue weighted by Crippen LogP contribution is -2.41. The molecule has 0 heterocycles. The van der Waals surface area contributed by atoms with Gasteiger partial charge in [0.25, 0.3) is 0 Å². The second kappa shape index (κ2) is 8.67. The summed E-state index contributed by atoms with van der Waals surface area (Å²) in [7, 11) is 1.79. The van der Waals surface area contributed by atoms with Crippen LogP contribution in [0, 0.1) is 5.41 Å². The number of benzene rings is 1. The molecule has 0 aromatic heterocycles. The van der Waals surface area contributed by atoms with Gasteiger partial charge in [0.2, 0.25) is 11.8 Å². The molecule has 128 valence electrons. The Labute approximate surface area is 139 Å². The number of carbonyl (C=O) groups excluding carboxylic acids is 2. The van der Waals surface area contributed by atoms with Crippen LogP contribution >= 0.6 is 0 Å². The van der Waals surface area contributed by atoms with Crippen LogP contribution in [0.4, 0.5) is 0 Å². The number of nitrogens with two attached hydrogens (primary N) is 1. The van der Waals surface area contributed by atoms with Crippen molar-refractivity contribution in [2.24, 2.45) is 11.1 Å². The first-order valence-corrected chi connectivity index (χ1v) is 7.98. The van der Waals surface area contributed by atoms with Gasteiger partial charge in [-0.15, -0.1) is 0 Å². The molecule has 0 saturated heterocycles. The van der Waals surface area contributed by atoms with E-state index in [0.717, 1.165) is 5.56 Å². The highest BCUT2D eigenvalue weighted by atomic mass is 16.2. The zero-order valence-corrected chi connectivity index (χ0v) is 14.7. The third-order valence-electron chi connectivity index (χ3n) is 3.90. The van der Waals surface area contributed by atoms with Crippen molar-refractivity contribution >= 4 is 11.8 Å². The van der Waals surface area contributed by atoms with Crippen LogP contribution in [-0.2, 0) is 16.1 Å². The number of nitrogens with zero attached hydrogens (tertiary/aromatic N) is 2. The summed E-state index contributed by atoms with van der Waals surface area (Å²) in [6, 6.07) is 9.80. The smallest absolute Gasteiger partial charge is 0.224 e. The second-order valence-electron chi connectivity index (χ2n) is 6.79. The molecule has 0 fully saturated rings. The molecule has 2 amide bonds. The zero-order valence-electron chi connectivity index (χ0n) is 14.7. The Hall–Kier alpha value is -1.88. The van der Waals surface area contributed by atoms with Gasteiger partial charge in [0.05, 0.1) is 0 Å². The Morgan fingerprint density at radius 1 is 1.17 bits per heavy atom. The van der Waals surface area contributed by atoms with Gasteiger partial charge in [-0.2, -0.15) is 0 Å². The van der Waals surface area contributed by atoms with Crippen LogP contribution in [0.3, 0.4) is 0 Å². The van der Waals surface area contributed by atoms with Crippen LogP contribution in [0.5, 0.6) is 0 Å². The monoisotopic (exact) mass is 319 g/mol. The SMILES string of the molecule is CC(=O)N(CCC(=O)N(C)CC(C)(C)CN)Cc1ccccc1. The maximum absolute atomic E-state index is 12.3. The van der Waals surface area contributed by atoms with Crippen molar-refractivity contribution in [3.8, 4) is 0 Å². The minimum Gasteiger partial charge on any atom is -0.345 e. The fraction of sp³-hybridized carbons (Fsp3) is 0.556. The predicted octanol–water partition coefficient (Wildman–Crippen LogP) is 1.87. The Morgan fingerprint density at radius 3 is 2.30 bits per heavy atom. The van der Waals surface area contributed by atoms with E-state index < -0.39 is 0 Å². The molecule has 0 spiro atoms. The molecule has 0 unspecified atom stereocenters. The molecule has 0 aliphatic carbocycles. The lowest BCUT2D eigenvalue weighted by atomic mass is 9.93. The molecule has 23 heavy (non-hydrogen) atoms. The van der Waals surface area contributed by atoms with Crippen molar-refractivity contribution in [2.75, 3.05) is 26.7 Å². The van der Waals surface area contributed by atoms with E-state index in [2.05, 4.69) is 0 Å².